The second kappa shape index (κ2) is 7.57. The van der Waals surface area contributed by atoms with Crippen LogP contribution in [0.5, 0.6) is 0 Å². The SMILES string of the molecule is COCc1cccc(C(=O)Nc2cccc(S(=O)(=O)N(C)C)c2)c1. The summed E-state index contributed by atoms with van der Waals surface area (Å²) in [4.78, 5) is 12.5. The van der Waals surface area contributed by atoms with Gasteiger partial charge in [0, 0.05) is 32.5 Å². The van der Waals surface area contributed by atoms with Crippen molar-refractivity contribution in [2.24, 2.45) is 0 Å². The summed E-state index contributed by atoms with van der Waals surface area (Å²) in [5.74, 6) is -0.313. The maximum absolute atomic E-state index is 12.4. The molecule has 0 aliphatic heterocycles. The molecule has 0 heterocycles. The van der Waals surface area contributed by atoms with Gasteiger partial charge in [-0.3, -0.25) is 4.79 Å². The minimum atomic E-state index is -3.55. The lowest BCUT2D eigenvalue weighted by Gasteiger charge is -2.13. The molecule has 24 heavy (non-hydrogen) atoms. The number of carbonyl (C=O) groups excluding carboxylic acids is 1. The molecule has 0 saturated heterocycles. The topological polar surface area (TPSA) is 75.7 Å². The van der Waals surface area contributed by atoms with Gasteiger partial charge in [-0.15, -0.1) is 0 Å². The number of methoxy groups -OCH3 is 1. The first-order chi connectivity index (χ1) is 11.3. The maximum atomic E-state index is 12.4. The van der Waals surface area contributed by atoms with Crippen LogP contribution in [-0.2, 0) is 21.4 Å². The number of nitrogens with zero attached hydrogens (tertiary/aromatic N) is 1. The van der Waals surface area contributed by atoms with E-state index in [1.54, 1.807) is 37.4 Å². The summed E-state index contributed by atoms with van der Waals surface area (Å²) < 4.78 is 30.5. The van der Waals surface area contributed by atoms with Crippen molar-refractivity contribution in [1.82, 2.24) is 4.31 Å². The first-order valence-corrected chi connectivity index (χ1v) is 8.70. The highest BCUT2D eigenvalue weighted by molar-refractivity contribution is 7.89. The lowest BCUT2D eigenvalue weighted by molar-refractivity contribution is 0.102. The fourth-order valence-electron chi connectivity index (χ4n) is 2.12. The normalized spacial score (nSPS) is 11.5. The van der Waals surface area contributed by atoms with Crippen LogP contribution in [0.1, 0.15) is 15.9 Å². The molecular weight excluding hydrogens is 328 g/mol. The number of rotatable bonds is 6. The van der Waals surface area contributed by atoms with E-state index in [2.05, 4.69) is 5.32 Å². The average molecular weight is 348 g/mol. The number of anilines is 1. The van der Waals surface area contributed by atoms with Crippen molar-refractivity contribution in [3.05, 3.63) is 59.7 Å². The van der Waals surface area contributed by atoms with Crippen molar-refractivity contribution in [2.75, 3.05) is 26.5 Å². The molecule has 0 spiro atoms. The highest BCUT2D eigenvalue weighted by atomic mass is 32.2. The van der Waals surface area contributed by atoms with Crippen LogP contribution < -0.4 is 5.32 Å². The van der Waals surface area contributed by atoms with Gasteiger partial charge in [-0.1, -0.05) is 18.2 Å². The Labute approximate surface area is 142 Å². The Morgan fingerprint density at radius 1 is 1.12 bits per heavy atom. The van der Waals surface area contributed by atoms with Crippen LogP contribution in [-0.4, -0.2) is 39.8 Å². The molecule has 0 aliphatic rings. The molecule has 2 rings (SSSR count). The van der Waals surface area contributed by atoms with Crippen molar-refractivity contribution in [3.63, 3.8) is 0 Å². The third-order valence-corrected chi connectivity index (χ3v) is 5.18. The Morgan fingerprint density at radius 3 is 2.50 bits per heavy atom. The van der Waals surface area contributed by atoms with E-state index in [4.69, 9.17) is 4.74 Å². The van der Waals surface area contributed by atoms with Gasteiger partial charge in [0.05, 0.1) is 11.5 Å². The Hall–Kier alpha value is -2.22. The maximum Gasteiger partial charge on any atom is 0.255 e. The molecule has 0 atom stereocenters. The predicted molar refractivity (Wildman–Crippen MR) is 92.4 cm³/mol. The Morgan fingerprint density at radius 2 is 1.83 bits per heavy atom. The van der Waals surface area contributed by atoms with Gasteiger partial charge in [-0.25, -0.2) is 12.7 Å². The number of carbonyl (C=O) groups is 1. The van der Waals surface area contributed by atoms with Crippen LogP contribution in [0.4, 0.5) is 5.69 Å². The highest BCUT2D eigenvalue weighted by Gasteiger charge is 2.17. The number of amides is 1. The largest absolute Gasteiger partial charge is 0.380 e. The molecule has 128 valence electrons. The first kappa shape index (κ1) is 18.1. The van der Waals surface area contributed by atoms with E-state index < -0.39 is 10.0 Å². The third kappa shape index (κ3) is 4.19. The number of ether oxygens (including phenoxy) is 1. The van der Waals surface area contributed by atoms with Crippen LogP contribution in [0.25, 0.3) is 0 Å². The molecule has 0 radical (unpaired) electrons. The zero-order chi connectivity index (χ0) is 17.7. The molecule has 1 N–H and O–H groups in total. The van der Waals surface area contributed by atoms with Gasteiger partial charge < -0.3 is 10.1 Å². The van der Waals surface area contributed by atoms with Gasteiger partial charge in [-0.05, 0) is 35.9 Å². The quantitative estimate of drug-likeness (QED) is 0.869. The molecule has 0 bridgehead atoms. The summed E-state index contributed by atoms with van der Waals surface area (Å²) in [6.45, 7) is 0.414. The highest BCUT2D eigenvalue weighted by Crippen LogP contribution is 2.19. The Balaban J connectivity index is 2.22. The van der Waals surface area contributed by atoms with Crippen LogP contribution in [0.15, 0.2) is 53.4 Å². The standard InChI is InChI=1S/C17H20N2O4S/c1-19(2)24(21,22)16-9-5-8-15(11-16)18-17(20)14-7-4-6-13(10-14)12-23-3/h4-11H,12H2,1-3H3,(H,18,20). The number of hydrogen-bond acceptors (Lipinski definition) is 4. The molecule has 1 amide bonds. The molecule has 0 aromatic heterocycles. The first-order valence-electron chi connectivity index (χ1n) is 7.26. The second-order valence-electron chi connectivity index (χ2n) is 5.40. The minimum Gasteiger partial charge on any atom is -0.380 e. The molecular formula is C17H20N2O4S. The molecule has 0 saturated carbocycles. The van der Waals surface area contributed by atoms with E-state index in [1.807, 2.05) is 6.07 Å². The lowest BCUT2D eigenvalue weighted by Crippen LogP contribution is -2.22. The van der Waals surface area contributed by atoms with E-state index in [0.717, 1.165) is 9.87 Å². The lowest BCUT2D eigenvalue weighted by atomic mass is 10.1. The Kier molecular flexibility index (Phi) is 5.71. The van der Waals surface area contributed by atoms with Gasteiger partial charge >= 0.3 is 0 Å². The summed E-state index contributed by atoms with van der Waals surface area (Å²) >= 11 is 0. The van der Waals surface area contributed by atoms with Gasteiger partial charge in [-0.2, -0.15) is 0 Å². The molecule has 0 aliphatic carbocycles. The van der Waals surface area contributed by atoms with E-state index in [0.29, 0.717) is 17.9 Å². The summed E-state index contributed by atoms with van der Waals surface area (Å²) in [5, 5.41) is 2.72. The molecule has 6 nitrogen and oxygen atoms in total. The van der Waals surface area contributed by atoms with Crippen LogP contribution in [0.3, 0.4) is 0 Å². The molecule has 2 aromatic rings. The molecule has 7 heteroatoms. The van der Waals surface area contributed by atoms with E-state index >= 15 is 0 Å². The molecule has 0 unspecified atom stereocenters. The predicted octanol–water partition coefficient (Wildman–Crippen LogP) is 2.34. The summed E-state index contributed by atoms with van der Waals surface area (Å²) in [7, 11) is 0.959. The van der Waals surface area contributed by atoms with Crippen molar-refractivity contribution in [2.45, 2.75) is 11.5 Å². The van der Waals surface area contributed by atoms with Crippen molar-refractivity contribution < 1.29 is 17.9 Å². The van der Waals surface area contributed by atoms with Gasteiger partial charge in [0.25, 0.3) is 5.91 Å². The average Bonchev–Trinajstić information content (AvgIpc) is 2.55. The molecule has 2 aromatic carbocycles. The van der Waals surface area contributed by atoms with Crippen LogP contribution >= 0.6 is 0 Å². The van der Waals surface area contributed by atoms with Gasteiger partial charge in [0.2, 0.25) is 10.0 Å². The minimum absolute atomic E-state index is 0.124. The monoisotopic (exact) mass is 348 g/mol. The zero-order valence-electron chi connectivity index (χ0n) is 13.8. The fourth-order valence-corrected chi connectivity index (χ4v) is 3.07. The van der Waals surface area contributed by atoms with Gasteiger partial charge in [0.15, 0.2) is 0 Å². The Bertz CT molecular complexity index is 832. The number of benzene rings is 2. The third-order valence-electron chi connectivity index (χ3n) is 3.37. The summed E-state index contributed by atoms with van der Waals surface area (Å²) in [6.07, 6.45) is 0. The van der Waals surface area contributed by atoms with Crippen molar-refractivity contribution >= 4 is 21.6 Å². The second-order valence-corrected chi connectivity index (χ2v) is 7.55. The van der Waals surface area contributed by atoms with Crippen molar-refractivity contribution in [3.8, 4) is 0 Å². The number of sulfonamides is 1. The number of nitrogens with one attached hydrogen (secondary N) is 1. The van der Waals surface area contributed by atoms with Crippen LogP contribution in [0, 0.1) is 0 Å². The summed E-state index contributed by atoms with van der Waals surface area (Å²) in [6, 6.07) is 13.2. The van der Waals surface area contributed by atoms with E-state index in [1.165, 1.54) is 26.2 Å². The zero-order valence-corrected chi connectivity index (χ0v) is 14.6. The number of hydrogen-bond donors (Lipinski definition) is 1. The van der Waals surface area contributed by atoms with E-state index in [9.17, 15) is 13.2 Å². The smallest absolute Gasteiger partial charge is 0.255 e. The fraction of sp³-hybridized carbons (Fsp3) is 0.235. The van der Waals surface area contributed by atoms with E-state index in [-0.39, 0.29) is 10.8 Å². The van der Waals surface area contributed by atoms with Crippen LogP contribution in [0.2, 0.25) is 0 Å². The van der Waals surface area contributed by atoms with Crippen molar-refractivity contribution in [1.29, 1.82) is 0 Å². The van der Waals surface area contributed by atoms with Gasteiger partial charge in [0.1, 0.15) is 0 Å². The molecule has 0 fully saturated rings. The summed E-state index contributed by atoms with van der Waals surface area (Å²) in [5.41, 5.74) is 1.78.